The zero-order chi connectivity index (χ0) is 19.6. The van der Waals surface area contributed by atoms with Gasteiger partial charge >= 0.3 is 18.1 Å². The molecule has 0 aliphatic rings. The highest BCUT2D eigenvalue weighted by Crippen LogP contribution is 2.33. The van der Waals surface area contributed by atoms with Gasteiger partial charge in [0, 0.05) is 11.3 Å². The van der Waals surface area contributed by atoms with Crippen LogP contribution in [0.15, 0.2) is 24.3 Å². The van der Waals surface area contributed by atoms with Crippen LogP contribution < -0.4 is 5.32 Å². The predicted octanol–water partition coefficient (Wildman–Crippen LogP) is 2.98. The molecule has 0 aromatic heterocycles. The van der Waals surface area contributed by atoms with Crippen LogP contribution in [0.1, 0.15) is 26.3 Å². The number of benzene rings is 1. The van der Waals surface area contributed by atoms with Crippen molar-refractivity contribution < 1.29 is 41.4 Å². The predicted molar refractivity (Wildman–Crippen MR) is 76.9 cm³/mol. The van der Waals surface area contributed by atoms with Gasteiger partial charge in [-0.3, -0.25) is 4.79 Å². The van der Waals surface area contributed by atoms with Crippen molar-refractivity contribution in [3.05, 3.63) is 29.8 Å². The Bertz CT molecular complexity index is 638. The summed E-state index contributed by atoms with van der Waals surface area (Å²) < 4.78 is 69.8. The lowest BCUT2D eigenvalue weighted by atomic mass is 10.0. The van der Waals surface area contributed by atoms with Gasteiger partial charge < -0.3 is 15.2 Å². The van der Waals surface area contributed by atoms with Crippen LogP contribution in [0.4, 0.5) is 27.6 Å². The maximum atomic E-state index is 13.9. The number of nitrogens with one attached hydrogen (secondary N) is 1. The van der Waals surface area contributed by atoms with Crippen molar-refractivity contribution in [1.82, 2.24) is 0 Å². The number of ether oxygens (including phenoxy) is 1. The fourth-order valence-electron chi connectivity index (χ4n) is 1.55. The molecule has 0 heterocycles. The molecule has 140 valence electrons. The summed E-state index contributed by atoms with van der Waals surface area (Å²) in [6.07, 6.45) is -5.98. The van der Waals surface area contributed by atoms with Crippen LogP contribution >= 0.6 is 0 Å². The van der Waals surface area contributed by atoms with E-state index in [2.05, 4.69) is 4.74 Å². The molecule has 1 rings (SSSR count). The van der Waals surface area contributed by atoms with E-state index in [1.807, 2.05) is 0 Å². The highest BCUT2D eigenvalue weighted by atomic mass is 19.4. The monoisotopic (exact) mass is 369 g/mol. The molecular weight excluding hydrogens is 353 g/mol. The van der Waals surface area contributed by atoms with E-state index in [9.17, 15) is 36.6 Å². The summed E-state index contributed by atoms with van der Waals surface area (Å²) in [5.74, 6) is -7.53. The maximum absolute atomic E-state index is 13.9. The summed E-state index contributed by atoms with van der Waals surface area (Å²) in [7, 11) is 0. The topological polar surface area (TPSA) is 75.6 Å². The van der Waals surface area contributed by atoms with Crippen LogP contribution in [0, 0.1) is 0 Å². The SMILES string of the molecule is CC(C)OC(=O)C(F)(F)c1ccc(NC(=O)C(C)(O)C(F)(F)F)cc1. The Morgan fingerprint density at radius 2 is 1.56 bits per heavy atom. The average Bonchev–Trinajstić information content (AvgIpc) is 2.45. The Hall–Kier alpha value is -2.23. The molecule has 0 aliphatic heterocycles. The molecule has 1 aromatic rings. The zero-order valence-corrected chi connectivity index (χ0v) is 13.4. The molecule has 10 heteroatoms. The number of hydrogen-bond acceptors (Lipinski definition) is 4. The number of esters is 1. The minimum atomic E-state index is -5.22. The normalized spacial score (nSPS) is 14.8. The van der Waals surface area contributed by atoms with Crippen LogP contribution in [0.25, 0.3) is 0 Å². The lowest BCUT2D eigenvalue weighted by Gasteiger charge is -2.25. The number of aliphatic hydroxyl groups is 1. The molecule has 0 bridgehead atoms. The van der Waals surface area contributed by atoms with E-state index in [0.29, 0.717) is 0 Å². The Balaban J connectivity index is 2.93. The summed E-state index contributed by atoms with van der Waals surface area (Å²) in [5.41, 5.74) is -4.69. The summed E-state index contributed by atoms with van der Waals surface area (Å²) >= 11 is 0. The van der Waals surface area contributed by atoms with E-state index in [4.69, 9.17) is 0 Å². The maximum Gasteiger partial charge on any atom is 0.426 e. The molecule has 25 heavy (non-hydrogen) atoms. The molecule has 0 saturated carbocycles. The van der Waals surface area contributed by atoms with Gasteiger partial charge in [0.2, 0.25) is 5.60 Å². The van der Waals surface area contributed by atoms with E-state index in [1.165, 1.54) is 13.8 Å². The molecule has 0 radical (unpaired) electrons. The lowest BCUT2D eigenvalue weighted by Crippen LogP contribution is -2.52. The van der Waals surface area contributed by atoms with Crippen molar-refractivity contribution in [2.75, 3.05) is 5.32 Å². The van der Waals surface area contributed by atoms with Gasteiger partial charge in [0.1, 0.15) is 0 Å². The number of carbonyl (C=O) groups is 2. The molecule has 0 fully saturated rings. The van der Waals surface area contributed by atoms with E-state index in [1.54, 1.807) is 5.32 Å². The first-order chi connectivity index (χ1) is 11.2. The van der Waals surface area contributed by atoms with Gasteiger partial charge in [-0.25, -0.2) is 4.79 Å². The fraction of sp³-hybridized carbons (Fsp3) is 0.467. The van der Waals surface area contributed by atoms with Crippen LogP contribution in [0.3, 0.4) is 0 Å². The number of alkyl halides is 5. The molecule has 0 spiro atoms. The fourth-order valence-corrected chi connectivity index (χ4v) is 1.55. The zero-order valence-electron chi connectivity index (χ0n) is 13.4. The Labute approximate surface area is 139 Å². The van der Waals surface area contributed by atoms with Crippen LogP contribution in [-0.4, -0.2) is 34.9 Å². The van der Waals surface area contributed by atoms with Crippen molar-refractivity contribution >= 4 is 17.6 Å². The number of amides is 1. The number of rotatable bonds is 5. The van der Waals surface area contributed by atoms with Gasteiger partial charge in [0.15, 0.2) is 0 Å². The third kappa shape index (κ3) is 4.65. The summed E-state index contributed by atoms with van der Waals surface area (Å²) in [5, 5.41) is 11.0. The van der Waals surface area contributed by atoms with Crippen molar-refractivity contribution in [3.8, 4) is 0 Å². The molecule has 1 unspecified atom stereocenters. The molecule has 2 N–H and O–H groups in total. The van der Waals surface area contributed by atoms with Crippen molar-refractivity contribution in [3.63, 3.8) is 0 Å². The van der Waals surface area contributed by atoms with E-state index in [-0.39, 0.29) is 12.6 Å². The Morgan fingerprint density at radius 1 is 1.08 bits per heavy atom. The summed E-state index contributed by atoms with van der Waals surface area (Å²) in [6.45, 7) is 3.03. The first kappa shape index (κ1) is 20.8. The lowest BCUT2D eigenvalue weighted by molar-refractivity contribution is -0.242. The van der Waals surface area contributed by atoms with Crippen LogP contribution in [0.5, 0.6) is 0 Å². The highest BCUT2D eigenvalue weighted by molar-refractivity contribution is 5.97. The van der Waals surface area contributed by atoms with Gasteiger partial charge in [0.25, 0.3) is 5.91 Å². The number of anilines is 1. The third-order valence-corrected chi connectivity index (χ3v) is 3.10. The third-order valence-electron chi connectivity index (χ3n) is 3.10. The Morgan fingerprint density at radius 3 is 1.96 bits per heavy atom. The molecule has 0 saturated heterocycles. The summed E-state index contributed by atoms with van der Waals surface area (Å²) in [4.78, 5) is 22.9. The van der Waals surface area contributed by atoms with Gasteiger partial charge in [0.05, 0.1) is 6.10 Å². The van der Waals surface area contributed by atoms with E-state index >= 15 is 0 Å². The minimum absolute atomic E-state index is 0.257. The average molecular weight is 369 g/mol. The standard InChI is InChI=1S/C15H16F5NO4/c1-8(2)25-12(23)14(16,17)9-4-6-10(7-5-9)21-11(22)13(3,24)15(18,19)20/h4-8,24H,1-3H3,(H,21,22). The first-order valence-corrected chi connectivity index (χ1v) is 6.99. The van der Waals surface area contributed by atoms with E-state index in [0.717, 1.165) is 24.3 Å². The van der Waals surface area contributed by atoms with Crippen molar-refractivity contribution in [1.29, 1.82) is 0 Å². The molecule has 1 aromatic carbocycles. The number of carbonyl (C=O) groups excluding carboxylic acids is 2. The Kier molecular flexibility index (Phi) is 5.78. The molecule has 1 amide bonds. The van der Waals surface area contributed by atoms with Gasteiger partial charge in [-0.05, 0) is 32.9 Å². The minimum Gasteiger partial charge on any atom is -0.458 e. The quantitative estimate of drug-likeness (QED) is 0.618. The second-order valence-electron chi connectivity index (χ2n) is 5.63. The van der Waals surface area contributed by atoms with Gasteiger partial charge in [-0.15, -0.1) is 0 Å². The van der Waals surface area contributed by atoms with Crippen molar-refractivity contribution in [2.24, 2.45) is 0 Å². The first-order valence-electron chi connectivity index (χ1n) is 6.99. The van der Waals surface area contributed by atoms with E-state index < -0.39 is 41.2 Å². The number of hydrogen-bond donors (Lipinski definition) is 2. The molecule has 5 nitrogen and oxygen atoms in total. The molecular formula is C15H16F5NO4. The summed E-state index contributed by atoms with van der Waals surface area (Å²) in [6, 6.07) is 3.24. The number of halogens is 5. The largest absolute Gasteiger partial charge is 0.458 e. The smallest absolute Gasteiger partial charge is 0.426 e. The van der Waals surface area contributed by atoms with Crippen molar-refractivity contribution in [2.45, 2.75) is 44.6 Å². The molecule has 1 atom stereocenters. The second kappa shape index (κ2) is 6.95. The van der Waals surface area contributed by atoms with Gasteiger partial charge in [-0.1, -0.05) is 12.1 Å². The molecule has 0 aliphatic carbocycles. The highest BCUT2D eigenvalue weighted by Gasteiger charge is 2.55. The van der Waals surface area contributed by atoms with Crippen LogP contribution in [0.2, 0.25) is 0 Å². The van der Waals surface area contributed by atoms with Crippen LogP contribution in [-0.2, 0) is 20.2 Å². The van der Waals surface area contributed by atoms with Gasteiger partial charge in [-0.2, -0.15) is 22.0 Å². The second-order valence-corrected chi connectivity index (χ2v) is 5.63.